The highest BCUT2D eigenvalue weighted by atomic mass is 16.5. The van der Waals surface area contributed by atoms with Gasteiger partial charge in [0.25, 0.3) is 0 Å². The van der Waals surface area contributed by atoms with Gasteiger partial charge in [-0.15, -0.1) is 0 Å². The molecule has 1 aliphatic rings. The molecular formula is C21H27N3O8. The number of hydrogen-bond donors (Lipinski definition) is 5. The molecule has 0 saturated carbocycles. The van der Waals surface area contributed by atoms with Crippen LogP contribution in [0.25, 0.3) is 0 Å². The Bertz CT molecular complexity index is 824. The second kappa shape index (κ2) is 12.4. The van der Waals surface area contributed by atoms with Crippen molar-refractivity contribution in [3.8, 4) is 0 Å². The summed E-state index contributed by atoms with van der Waals surface area (Å²) in [7, 11) is 0. The maximum absolute atomic E-state index is 12.8. The number of carbonyl (C=O) groups excluding carboxylic acids is 3. The van der Waals surface area contributed by atoms with E-state index >= 15 is 0 Å². The van der Waals surface area contributed by atoms with Gasteiger partial charge in [-0.1, -0.05) is 30.3 Å². The lowest BCUT2D eigenvalue weighted by Crippen LogP contribution is -2.52. The Hall–Kier alpha value is -3.47. The van der Waals surface area contributed by atoms with Gasteiger partial charge in [-0.25, -0.2) is 9.59 Å². The minimum Gasteiger partial charge on any atom is -0.481 e. The largest absolute Gasteiger partial charge is 0.481 e. The number of Topliss-reactive ketones (excluding diaryl/α,β-unsaturated/α-hetero) is 1. The summed E-state index contributed by atoms with van der Waals surface area (Å²) in [6.07, 6.45) is -0.345. The van der Waals surface area contributed by atoms with Crippen LogP contribution in [-0.2, 0) is 30.5 Å². The second-order valence-electron chi connectivity index (χ2n) is 7.39. The average Bonchev–Trinajstić information content (AvgIpc) is 3.28. The van der Waals surface area contributed by atoms with Crippen LogP contribution in [0.15, 0.2) is 30.3 Å². The van der Waals surface area contributed by atoms with E-state index in [1.807, 2.05) is 6.07 Å². The third kappa shape index (κ3) is 7.99. The van der Waals surface area contributed by atoms with E-state index in [9.17, 15) is 29.1 Å². The van der Waals surface area contributed by atoms with Crippen LogP contribution in [0, 0.1) is 5.92 Å². The van der Waals surface area contributed by atoms with Gasteiger partial charge < -0.3 is 30.9 Å². The van der Waals surface area contributed by atoms with Crippen molar-refractivity contribution >= 4 is 29.7 Å². The summed E-state index contributed by atoms with van der Waals surface area (Å²) in [5, 5.41) is 25.6. The van der Waals surface area contributed by atoms with E-state index in [1.54, 1.807) is 24.3 Å². The number of nitrogens with one attached hydrogen (secondary N) is 3. The summed E-state index contributed by atoms with van der Waals surface area (Å²) >= 11 is 0. The molecular weight excluding hydrogens is 422 g/mol. The summed E-state index contributed by atoms with van der Waals surface area (Å²) in [4.78, 5) is 59.5. The van der Waals surface area contributed by atoms with Gasteiger partial charge in [0.15, 0.2) is 5.78 Å². The number of amides is 2. The SMILES string of the molecule is O=C(O)CC[C@H](NC(=O)C(C(=O)CNC(=O)OCc1ccccc1)C1CCCN1)C(=O)O. The van der Waals surface area contributed by atoms with Gasteiger partial charge in [0.2, 0.25) is 5.91 Å². The molecule has 0 spiro atoms. The molecule has 0 radical (unpaired) electrons. The van der Waals surface area contributed by atoms with Crippen molar-refractivity contribution in [1.82, 2.24) is 16.0 Å². The highest BCUT2D eigenvalue weighted by Crippen LogP contribution is 2.17. The van der Waals surface area contributed by atoms with Crippen molar-refractivity contribution in [2.45, 2.75) is 44.4 Å². The van der Waals surface area contributed by atoms with Crippen molar-refractivity contribution in [3.05, 3.63) is 35.9 Å². The van der Waals surface area contributed by atoms with Gasteiger partial charge in [-0.2, -0.15) is 0 Å². The molecule has 2 rings (SSSR count). The Kier molecular flexibility index (Phi) is 9.61. The highest BCUT2D eigenvalue weighted by Gasteiger charge is 2.37. The molecule has 1 fully saturated rings. The molecule has 0 aromatic heterocycles. The lowest BCUT2D eigenvalue weighted by atomic mass is 9.92. The average molecular weight is 449 g/mol. The Morgan fingerprint density at radius 2 is 1.84 bits per heavy atom. The Labute approximate surface area is 184 Å². The summed E-state index contributed by atoms with van der Waals surface area (Å²) in [6.45, 7) is 0.130. The third-order valence-corrected chi connectivity index (χ3v) is 5.01. The predicted octanol–water partition coefficient (Wildman–Crippen LogP) is 0.284. The van der Waals surface area contributed by atoms with Crippen molar-refractivity contribution in [3.63, 3.8) is 0 Å². The highest BCUT2D eigenvalue weighted by molar-refractivity contribution is 6.04. The Morgan fingerprint density at radius 1 is 1.12 bits per heavy atom. The number of ketones is 1. The lowest BCUT2D eigenvalue weighted by Gasteiger charge is -2.24. The molecule has 3 atom stereocenters. The van der Waals surface area contributed by atoms with Gasteiger partial charge in [-0.3, -0.25) is 14.4 Å². The first-order chi connectivity index (χ1) is 15.3. The number of carboxylic acid groups (broad SMARTS) is 2. The fourth-order valence-corrected chi connectivity index (χ4v) is 3.38. The lowest BCUT2D eigenvalue weighted by molar-refractivity contribution is -0.145. The molecule has 1 heterocycles. The minimum atomic E-state index is -1.45. The fourth-order valence-electron chi connectivity index (χ4n) is 3.38. The van der Waals surface area contributed by atoms with Crippen LogP contribution < -0.4 is 16.0 Å². The Morgan fingerprint density at radius 3 is 2.44 bits per heavy atom. The molecule has 1 saturated heterocycles. The molecule has 32 heavy (non-hydrogen) atoms. The summed E-state index contributed by atoms with van der Waals surface area (Å²) < 4.78 is 5.04. The maximum Gasteiger partial charge on any atom is 0.407 e. The van der Waals surface area contributed by atoms with Gasteiger partial charge in [-0.05, 0) is 31.4 Å². The monoisotopic (exact) mass is 449 g/mol. The number of carboxylic acids is 2. The molecule has 0 bridgehead atoms. The standard InChI is InChI=1S/C21H27N3O8/c25-16(11-23-21(31)32-12-13-5-2-1-3-6-13)18(14-7-4-10-22-14)19(28)24-15(20(29)30)8-9-17(26)27/h1-3,5-6,14-15,18,22H,4,7-12H2,(H,23,31)(H,24,28)(H,26,27)(H,29,30)/t14?,15-,18?/m0/s1. The maximum atomic E-state index is 12.8. The molecule has 1 aromatic carbocycles. The van der Waals surface area contributed by atoms with Gasteiger partial charge >= 0.3 is 18.0 Å². The van der Waals surface area contributed by atoms with Crippen LogP contribution in [0.4, 0.5) is 4.79 Å². The van der Waals surface area contributed by atoms with E-state index in [4.69, 9.17) is 9.84 Å². The van der Waals surface area contributed by atoms with Crippen LogP contribution in [0.5, 0.6) is 0 Å². The van der Waals surface area contributed by atoms with E-state index in [0.29, 0.717) is 13.0 Å². The van der Waals surface area contributed by atoms with E-state index in [2.05, 4.69) is 16.0 Å². The van der Waals surface area contributed by atoms with Crippen LogP contribution in [-0.4, -0.2) is 65.1 Å². The second-order valence-corrected chi connectivity index (χ2v) is 7.39. The molecule has 1 aromatic rings. The third-order valence-electron chi connectivity index (χ3n) is 5.01. The molecule has 0 aliphatic carbocycles. The first-order valence-electron chi connectivity index (χ1n) is 10.2. The van der Waals surface area contributed by atoms with Gasteiger partial charge in [0.1, 0.15) is 18.6 Å². The quantitative estimate of drug-likeness (QED) is 0.281. The number of alkyl carbamates (subject to hydrolysis) is 1. The first-order valence-corrected chi connectivity index (χ1v) is 10.2. The normalized spacial score (nSPS) is 17.1. The van der Waals surface area contributed by atoms with Crippen molar-refractivity contribution < 1.29 is 38.9 Å². The number of ether oxygens (including phenoxy) is 1. The minimum absolute atomic E-state index is 0.0127. The zero-order valence-electron chi connectivity index (χ0n) is 17.4. The van der Waals surface area contributed by atoms with E-state index in [1.165, 1.54) is 0 Å². The van der Waals surface area contributed by atoms with E-state index in [-0.39, 0.29) is 13.0 Å². The molecule has 1 aliphatic heterocycles. The van der Waals surface area contributed by atoms with Crippen LogP contribution in [0.3, 0.4) is 0 Å². The fraction of sp³-hybridized carbons (Fsp3) is 0.476. The number of rotatable bonds is 12. The molecule has 2 amide bonds. The Balaban J connectivity index is 1.95. The van der Waals surface area contributed by atoms with Crippen LogP contribution in [0.1, 0.15) is 31.2 Å². The molecule has 11 nitrogen and oxygen atoms in total. The summed E-state index contributed by atoms with van der Waals surface area (Å²) in [6, 6.07) is 6.98. The van der Waals surface area contributed by atoms with Crippen LogP contribution >= 0.6 is 0 Å². The number of carbonyl (C=O) groups is 5. The molecule has 2 unspecified atom stereocenters. The number of benzene rings is 1. The number of hydrogen-bond acceptors (Lipinski definition) is 7. The molecule has 174 valence electrons. The summed E-state index contributed by atoms with van der Waals surface area (Å²) in [5.74, 6) is -5.27. The molecule has 11 heteroatoms. The van der Waals surface area contributed by atoms with Crippen LogP contribution in [0.2, 0.25) is 0 Å². The van der Waals surface area contributed by atoms with Gasteiger partial charge in [0, 0.05) is 12.5 Å². The van der Waals surface area contributed by atoms with E-state index in [0.717, 1.165) is 12.0 Å². The van der Waals surface area contributed by atoms with Crippen molar-refractivity contribution in [2.75, 3.05) is 13.1 Å². The molecule has 5 N–H and O–H groups in total. The topological polar surface area (TPSA) is 171 Å². The number of aliphatic carboxylic acids is 2. The zero-order valence-corrected chi connectivity index (χ0v) is 17.4. The van der Waals surface area contributed by atoms with E-state index < -0.39 is 60.7 Å². The zero-order chi connectivity index (χ0) is 23.5. The van der Waals surface area contributed by atoms with Crippen molar-refractivity contribution in [1.29, 1.82) is 0 Å². The summed E-state index contributed by atoms with van der Waals surface area (Å²) in [5.41, 5.74) is 0.766. The first kappa shape index (κ1) is 24.8. The smallest absolute Gasteiger partial charge is 0.407 e. The van der Waals surface area contributed by atoms with Gasteiger partial charge in [0.05, 0.1) is 6.54 Å². The van der Waals surface area contributed by atoms with Crippen molar-refractivity contribution in [2.24, 2.45) is 5.92 Å². The predicted molar refractivity (Wildman–Crippen MR) is 111 cm³/mol.